The summed E-state index contributed by atoms with van der Waals surface area (Å²) in [6.45, 7) is 6.72. The van der Waals surface area contributed by atoms with E-state index in [1.165, 1.54) is 41.7 Å². The monoisotopic (exact) mass is 1030 g/mol. The molecule has 16 N–H and O–H groups in total. The maximum atomic E-state index is 14.5. The van der Waals surface area contributed by atoms with Gasteiger partial charge < -0.3 is 74.3 Å². The fourth-order valence-corrected chi connectivity index (χ4v) is 8.13. The van der Waals surface area contributed by atoms with Gasteiger partial charge >= 0.3 is 11.9 Å². The number of carbonyl (C=O) groups is 9. The molecule has 2 heterocycles. The second-order valence-corrected chi connectivity index (χ2v) is 18.7. The van der Waals surface area contributed by atoms with Crippen molar-refractivity contribution in [2.75, 3.05) is 13.1 Å². The molecule has 25 nitrogen and oxygen atoms in total. The van der Waals surface area contributed by atoms with Crippen molar-refractivity contribution in [1.82, 2.24) is 46.8 Å². The Bertz CT molecular complexity index is 2430. The Labute approximate surface area is 427 Å². The zero-order chi connectivity index (χ0) is 54.6. The smallest absolute Gasteiger partial charge is 0.326 e. The van der Waals surface area contributed by atoms with Gasteiger partial charge in [-0.25, -0.2) is 9.78 Å². The second-order valence-electron chi connectivity index (χ2n) is 18.7. The first kappa shape index (κ1) is 58.5. The summed E-state index contributed by atoms with van der Waals surface area (Å²) in [7, 11) is 0. The van der Waals surface area contributed by atoms with Gasteiger partial charge in [0.2, 0.25) is 41.4 Å². The maximum absolute atomic E-state index is 14.5. The van der Waals surface area contributed by atoms with E-state index in [4.69, 9.17) is 17.2 Å². The van der Waals surface area contributed by atoms with Crippen molar-refractivity contribution in [3.8, 4) is 5.75 Å². The number of carbonyl (C=O) groups excluding carboxylic acids is 7. The van der Waals surface area contributed by atoms with E-state index in [1.807, 2.05) is 0 Å². The highest BCUT2D eigenvalue weighted by molar-refractivity contribution is 5.98. The molecule has 25 heteroatoms. The number of nitrogens with zero attached hydrogens (tertiary/aromatic N) is 3. The Morgan fingerprint density at radius 2 is 1.30 bits per heavy atom. The molecule has 0 saturated carbocycles. The van der Waals surface area contributed by atoms with Crippen molar-refractivity contribution in [3.05, 3.63) is 83.9 Å². The molecule has 1 saturated heterocycles. The molecule has 0 bridgehead atoms. The largest absolute Gasteiger partial charge is 0.508 e. The number of aromatic nitrogens is 2. The molecule has 4 rings (SSSR count). The first-order valence-corrected chi connectivity index (χ1v) is 24.2. The van der Waals surface area contributed by atoms with E-state index in [2.05, 4.69) is 46.9 Å². The number of benzene rings is 2. The molecule has 1 aliphatic rings. The van der Waals surface area contributed by atoms with Gasteiger partial charge in [0.05, 0.1) is 12.7 Å². The van der Waals surface area contributed by atoms with Crippen molar-refractivity contribution in [2.24, 2.45) is 34.0 Å². The molecule has 0 radical (unpaired) electrons. The minimum absolute atomic E-state index is 0.00220. The molecule has 1 fully saturated rings. The van der Waals surface area contributed by atoms with E-state index in [9.17, 15) is 58.5 Å². The zero-order valence-corrected chi connectivity index (χ0v) is 41.8. The van der Waals surface area contributed by atoms with Gasteiger partial charge in [0.25, 0.3) is 0 Å². The molecular weight excluding hydrogens is 963 g/mol. The van der Waals surface area contributed by atoms with Gasteiger partial charge in [0.1, 0.15) is 54.1 Å². The Morgan fingerprint density at radius 1 is 0.716 bits per heavy atom. The summed E-state index contributed by atoms with van der Waals surface area (Å²) in [6, 6.07) is 3.91. The molecule has 7 amide bonds. The van der Waals surface area contributed by atoms with Crippen LogP contribution >= 0.6 is 0 Å². The summed E-state index contributed by atoms with van der Waals surface area (Å²) in [5.41, 5.74) is 18.0. The average Bonchev–Trinajstić information content (AvgIpc) is 4.06. The highest BCUT2D eigenvalue weighted by Gasteiger charge is 2.41. The lowest BCUT2D eigenvalue weighted by Crippen LogP contribution is -2.61. The number of likely N-dealkylation sites (tertiary alicyclic amines) is 1. The van der Waals surface area contributed by atoms with Crippen molar-refractivity contribution in [1.29, 1.82) is 0 Å². The van der Waals surface area contributed by atoms with Crippen molar-refractivity contribution < 1.29 is 58.5 Å². The lowest BCUT2D eigenvalue weighted by molar-refractivity contribution is -0.145. The van der Waals surface area contributed by atoms with E-state index in [1.54, 1.807) is 58.0 Å². The SMILES string of the molecule is CC(C)C(NC(=O)C(CCCN=C(N)N)NC(=O)CC(N)C(=O)O)C(=O)NC(Cc1ccc(O)cc1)C(=O)NC(C(=O)NC(Cc1cnc[nH]1)C(=O)N1CCCC1C(=O)NC(Cc1ccccc1)C(=O)O)C(C)C. The van der Waals surface area contributed by atoms with Crippen LogP contribution in [0.5, 0.6) is 5.75 Å². The van der Waals surface area contributed by atoms with Gasteiger partial charge in [-0.15, -0.1) is 0 Å². The van der Waals surface area contributed by atoms with E-state index in [0.29, 0.717) is 23.2 Å². The third-order valence-corrected chi connectivity index (χ3v) is 12.2. The van der Waals surface area contributed by atoms with E-state index < -0.39 is 120 Å². The molecule has 74 heavy (non-hydrogen) atoms. The van der Waals surface area contributed by atoms with Gasteiger partial charge in [0.15, 0.2) is 5.96 Å². The number of rotatable bonds is 28. The fourth-order valence-electron chi connectivity index (χ4n) is 8.13. The Hall–Kier alpha value is -8.09. The van der Waals surface area contributed by atoms with Crippen molar-refractivity contribution >= 4 is 59.2 Å². The average molecular weight is 1030 g/mol. The molecule has 8 atom stereocenters. The van der Waals surface area contributed by atoms with Crippen molar-refractivity contribution in [3.63, 3.8) is 0 Å². The third-order valence-electron chi connectivity index (χ3n) is 12.2. The lowest BCUT2D eigenvalue weighted by Gasteiger charge is -2.31. The number of phenols is 1. The number of nitrogens with two attached hydrogens (primary N) is 3. The van der Waals surface area contributed by atoms with Gasteiger partial charge in [0, 0.05) is 44.2 Å². The molecule has 8 unspecified atom stereocenters. The van der Waals surface area contributed by atoms with Gasteiger partial charge in [-0.05, 0) is 60.8 Å². The topological polar surface area (TPSA) is 409 Å². The quantitative estimate of drug-likeness (QED) is 0.0219. The molecule has 0 spiro atoms. The molecule has 0 aliphatic carbocycles. The number of nitrogens with one attached hydrogen (secondary N) is 7. The number of aromatic hydroxyl groups is 1. The number of carboxylic acids is 2. The summed E-state index contributed by atoms with van der Waals surface area (Å²) >= 11 is 0. The summed E-state index contributed by atoms with van der Waals surface area (Å²) in [6.07, 6.45) is 2.66. The molecular formula is C49H69N13O12. The summed E-state index contributed by atoms with van der Waals surface area (Å²) in [4.78, 5) is 134. The number of carboxylic acid groups (broad SMARTS) is 2. The van der Waals surface area contributed by atoms with Crippen LogP contribution in [0, 0.1) is 11.8 Å². The number of guanidine groups is 1. The normalized spacial score (nSPS) is 16.0. The van der Waals surface area contributed by atoms with Crippen LogP contribution in [0.15, 0.2) is 72.1 Å². The molecule has 1 aromatic heterocycles. The predicted octanol–water partition coefficient (Wildman–Crippen LogP) is -1.70. The number of hydrogen-bond acceptors (Lipinski definition) is 13. The Balaban J connectivity index is 1.56. The number of phenolic OH excluding ortho intramolecular Hbond substituents is 1. The fraction of sp³-hybridized carbons (Fsp3) is 0.490. The standard InChI is InChI=1S/C49H69N13O12/c1-26(2)39(60-41(65)33(12-8-18-54-49(51)52)56-38(64)23-32(50)47(71)72)44(68)57-34(20-29-14-16-31(63)17-15-29)42(66)61-40(27(3)4)45(69)58-35(22-30-24-53-25-55-30)46(70)62-19-9-13-37(62)43(67)59-36(48(73)74)21-28-10-6-5-7-11-28/h5-7,10-11,14-17,24-27,32-37,39-40,63H,8-9,12-13,18-23,50H2,1-4H3,(H,53,55)(H,56,64)(H,57,68)(H,58,69)(H,59,67)(H,60,65)(H,61,66)(H,71,72)(H,73,74)(H4,51,52,54). The number of hydrogen-bond donors (Lipinski definition) is 13. The number of aromatic amines is 1. The molecule has 3 aromatic rings. The molecule has 2 aromatic carbocycles. The highest BCUT2D eigenvalue weighted by Crippen LogP contribution is 2.21. The van der Waals surface area contributed by atoms with E-state index in [0.717, 1.165) is 0 Å². The zero-order valence-electron chi connectivity index (χ0n) is 41.8. The number of H-pyrrole nitrogens is 1. The van der Waals surface area contributed by atoms with Crippen LogP contribution in [0.25, 0.3) is 0 Å². The third kappa shape index (κ3) is 18.2. The first-order chi connectivity index (χ1) is 35.0. The number of imidazole rings is 1. The van der Waals surface area contributed by atoms with Crippen LogP contribution in [0.2, 0.25) is 0 Å². The minimum atomic E-state index is -1.56. The Kier molecular flexibility index (Phi) is 22.3. The summed E-state index contributed by atoms with van der Waals surface area (Å²) in [5.74, 6) is -9.70. The lowest BCUT2D eigenvalue weighted by atomic mass is 9.98. The van der Waals surface area contributed by atoms with E-state index >= 15 is 0 Å². The molecule has 1 aliphatic heterocycles. The number of amides is 7. The van der Waals surface area contributed by atoms with Crippen LogP contribution in [0.1, 0.15) is 76.6 Å². The van der Waals surface area contributed by atoms with Crippen molar-refractivity contribution in [2.45, 2.75) is 127 Å². The second kappa shape index (κ2) is 28.2. The first-order valence-electron chi connectivity index (χ1n) is 24.2. The highest BCUT2D eigenvalue weighted by atomic mass is 16.4. The van der Waals surface area contributed by atoms with Crippen LogP contribution in [-0.2, 0) is 62.4 Å². The van der Waals surface area contributed by atoms with Crippen LogP contribution in [-0.4, -0.2) is 151 Å². The number of aliphatic carboxylic acids is 2. The minimum Gasteiger partial charge on any atom is -0.508 e. The predicted molar refractivity (Wildman–Crippen MR) is 268 cm³/mol. The number of aliphatic imine (C=N–C) groups is 1. The molecule has 402 valence electrons. The Morgan fingerprint density at radius 3 is 1.85 bits per heavy atom. The summed E-state index contributed by atoms with van der Waals surface area (Å²) in [5, 5.41) is 45.0. The van der Waals surface area contributed by atoms with Crippen LogP contribution in [0.4, 0.5) is 0 Å². The van der Waals surface area contributed by atoms with Crippen LogP contribution < -0.4 is 49.1 Å². The van der Waals surface area contributed by atoms with E-state index in [-0.39, 0.29) is 63.3 Å². The summed E-state index contributed by atoms with van der Waals surface area (Å²) < 4.78 is 0. The van der Waals surface area contributed by atoms with Gasteiger partial charge in [-0.1, -0.05) is 70.2 Å². The maximum Gasteiger partial charge on any atom is 0.326 e. The van der Waals surface area contributed by atoms with Gasteiger partial charge in [-0.2, -0.15) is 0 Å². The van der Waals surface area contributed by atoms with Crippen LogP contribution in [0.3, 0.4) is 0 Å². The van der Waals surface area contributed by atoms with Gasteiger partial charge in [-0.3, -0.25) is 43.3 Å².